The van der Waals surface area contributed by atoms with Gasteiger partial charge >= 0.3 is 5.97 Å². The van der Waals surface area contributed by atoms with Gasteiger partial charge in [0, 0.05) is 34.7 Å². The molecule has 0 unspecified atom stereocenters. The molecule has 0 spiro atoms. The van der Waals surface area contributed by atoms with E-state index >= 15 is 0 Å². The molecule has 0 heterocycles. The molecule has 0 radical (unpaired) electrons. The lowest BCUT2D eigenvalue weighted by Crippen LogP contribution is -2.25. The van der Waals surface area contributed by atoms with E-state index in [9.17, 15) is 9.59 Å². The van der Waals surface area contributed by atoms with Crippen molar-refractivity contribution in [2.75, 3.05) is 31.0 Å². The molecule has 3 rings (SSSR count). The van der Waals surface area contributed by atoms with Crippen LogP contribution in [0.25, 0.3) is 6.08 Å². The summed E-state index contributed by atoms with van der Waals surface area (Å²) in [5.74, 6) is -0.0183. The summed E-state index contributed by atoms with van der Waals surface area (Å²) in [7, 11) is 3.06. The first-order valence-corrected chi connectivity index (χ1v) is 11.2. The topological polar surface area (TPSA) is 77.1 Å². The van der Waals surface area contributed by atoms with E-state index < -0.39 is 18.5 Å². The average Bonchev–Trinajstić information content (AvgIpc) is 2.87. The number of hydrogen-bond acceptors (Lipinski definition) is 6. The van der Waals surface area contributed by atoms with Crippen molar-refractivity contribution in [3.63, 3.8) is 0 Å². The van der Waals surface area contributed by atoms with Gasteiger partial charge in [-0.3, -0.25) is 4.79 Å². The zero-order valence-corrected chi connectivity index (χ0v) is 20.4. The maximum absolute atomic E-state index is 12.3. The Hall–Kier alpha value is -4.26. The van der Waals surface area contributed by atoms with E-state index in [0.717, 1.165) is 11.4 Å². The fourth-order valence-corrected chi connectivity index (χ4v) is 3.62. The third-order valence-electron chi connectivity index (χ3n) is 5.16. The van der Waals surface area contributed by atoms with Crippen LogP contribution in [0.2, 0.25) is 0 Å². The summed E-state index contributed by atoms with van der Waals surface area (Å²) in [6, 6.07) is 23.2. The predicted octanol–water partition coefficient (Wildman–Crippen LogP) is 5.45. The molecule has 182 valence electrons. The normalized spacial score (nSPS) is 10.8. The Kier molecular flexibility index (Phi) is 8.89. The minimum absolute atomic E-state index is 0.252. The molecule has 0 aliphatic rings. The lowest BCUT2D eigenvalue weighted by molar-refractivity contribution is -0.142. The molecule has 0 fully saturated rings. The molecule has 0 aliphatic carbocycles. The Bertz CT molecular complexity index is 1160. The van der Waals surface area contributed by atoms with Gasteiger partial charge in [0.05, 0.1) is 14.2 Å². The Morgan fingerprint density at radius 2 is 1.57 bits per heavy atom. The van der Waals surface area contributed by atoms with Crippen molar-refractivity contribution in [3.05, 3.63) is 84.4 Å². The quantitative estimate of drug-likeness (QED) is 0.311. The van der Waals surface area contributed by atoms with Crippen molar-refractivity contribution in [2.24, 2.45) is 0 Å². The minimum atomic E-state index is -0.643. The molecule has 3 aromatic carbocycles. The number of carbonyl (C=O) groups excluding carboxylic acids is 2. The van der Waals surface area contributed by atoms with Gasteiger partial charge in [0.15, 0.2) is 18.1 Å². The Labute approximate surface area is 205 Å². The first kappa shape index (κ1) is 25.4. The largest absolute Gasteiger partial charge is 0.493 e. The second-order valence-electron chi connectivity index (χ2n) is 7.92. The van der Waals surface area contributed by atoms with Crippen molar-refractivity contribution < 1.29 is 23.8 Å². The van der Waals surface area contributed by atoms with Crippen LogP contribution in [0, 0.1) is 0 Å². The number of nitrogens with zero attached hydrogens (tertiary/aromatic N) is 1. The van der Waals surface area contributed by atoms with Gasteiger partial charge in [0.2, 0.25) is 0 Å². The smallest absolute Gasteiger partial charge is 0.331 e. The summed E-state index contributed by atoms with van der Waals surface area (Å²) >= 11 is 0. The highest BCUT2D eigenvalue weighted by atomic mass is 16.5. The van der Waals surface area contributed by atoms with Crippen molar-refractivity contribution in [2.45, 2.75) is 19.9 Å². The van der Waals surface area contributed by atoms with Crippen molar-refractivity contribution in [1.82, 2.24) is 0 Å². The van der Waals surface area contributed by atoms with Gasteiger partial charge < -0.3 is 24.4 Å². The second-order valence-corrected chi connectivity index (χ2v) is 7.92. The summed E-state index contributed by atoms with van der Waals surface area (Å²) < 4.78 is 15.6. The molecule has 1 N–H and O–H groups in total. The highest BCUT2D eigenvalue weighted by molar-refractivity contribution is 5.95. The zero-order valence-electron chi connectivity index (χ0n) is 20.4. The number of para-hydroxylation sites is 2. The molecule has 0 aliphatic heterocycles. The highest BCUT2D eigenvalue weighted by Gasteiger charge is 2.13. The van der Waals surface area contributed by atoms with Crippen LogP contribution in [-0.4, -0.2) is 38.7 Å². The van der Waals surface area contributed by atoms with Gasteiger partial charge in [0.25, 0.3) is 5.91 Å². The van der Waals surface area contributed by atoms with Gasteiger partial charge in [-0.2, -0.15) is 0 Å². The van der Waals surface area contributed by atoms with E-state index in [-0.39, 0.29) is 6.04 Å². The minimum Gasteiger partial charge on any atom is -0.493 e. The van der Waals surface area contributed by atoms with Crippen LogP contribution in [0.1, 0.15) is 19.4 Å². The number of methoxy groups -OCH3 is 2. The van der Waals surface area contributed by atoms with Gasteiger partial charge in [-0.15, -0.1) is 0 Å². The standard InChI is InChI=1S/C28H30N2O5/c1-20(2)30(23-10-6-5-7-11-23)24-16-14-22(15-17-24)29-26(31)19-35-27(32)18-13-21-9-8-12-25(33-3)28(21)34-4/h5-18,20H,19H2,1-4H3,(H,29,31). The molecule has 0 bridgehead atoms. The van der Waals surface area contributed by atoms with Crippen molar-refractivity contribution >= 4 is 35.0 Å². The number of benzene rings is 3. The van der Waals surface area contributed by atoms with E-state index in [1.807, 2.05) is 42.5 Å². The van der Waals surface area contributed by atoms with E-state index in [1.54, 1.807) is 24.3 Å². The molecule has 3 aromatic rings. The summed E-state index contributed by atoms with van der Waals surface area (Å²) in [4.78, 5) is 26.5. The highest BCUT2D eigenvalue weighted by Crippen LogP contribution is 2.31. The fourth-order valence-electron chi connectivity index (χ4n) is 3.62. The van der Waals surface area contributed by atoms with Crippen molar-refractivity contribution in [1.29, 1.82) is 0 Å². The van der Waals surface area contributed by atoms with E-state index in [1.165, 1.54) is 20.3 Å². The van der Waals surface area contributed by atoms with Crippen LogP contribution in [0.3, 0.4) is 0 Å². The van der Waals surface area contributed by atoms with Crippen LogP contribution in [0.4, 0.5) is 17.1 Å². The molecule has 7 heteroatoms. The lowest BCUT2D eigenvalue weighted by atomic mass is 10.1. The molecule has 0 atom stereocenters. The number of ether oxygens (including phenoxy) is 3. The van der Waals surface area contributed by atoms with Gasteiger partial charge in [-0.05, 0) is 62.4 Å². The van der Waals surface area contributed by atoms with Gasteiger partial charge in [0.1, 0.15) is 0 Å². The molecule has 0 saturated carbocycles. The van der Waals surface area contributed by atoms with Crippen LogP contribution in [0.5, 0.6) is 11.5 Å². The van der Waals surface area contributed by atoms with E-state index in [2.05, 4.69) is 36.2 Å². The SMILES string of the molecule is COc1cccc(C=CC(=O)OCC(=O)Nc2ccc(N(c3ccccc3)C(C)C)cc2)c1OC. The number of nitrogens with one attached hydrogen (secondary N) is 1. The summed E-state index contributed by atoms with van der Waals surface area (Å²) in [5.41, 5.74) is 3.36. The molecule has 0 aromatic heterocycles. The second kappa shape index (κ2) is 12.3. The monoisotopic (exact) mass is 474 g/mol. The number of anilines is 3. The lowest BCUT2D eigenvalue weighted by Gasteiger charge is -2.29. The molecule has 7 nitrogen and oxygen atoms in total. The number of amides is 1. The van der Waals surface area contributed by atoms with Crippen LogP contribution >= 0.6 is 0 Å². The van der Waals surface area contributed by atoms with Gasteiger partial charge in [-0.25, -0.2) is 4.79 Å². The first-order chi connectivity index (χ1) is 16.9. The first-order valence-electron chi connectivity index (χ1n) is 11.2. The van der Waals surface area contributed by atoms with Crippen molar-refractivity contribution in [3.8, 4) is 11.5 Å². The average molecular weight is 475 g/mol. The summed E-state index contributed by atoms with van der Waals surface area (Å²) in [6.07, 6.45) is 2.79. The molecule has 0 saturated heterocycles. The molecular weight excluding hydrogens is 444 g/mol. The van der Waals surface area contributed by atoms with Gasteiger partial charge in [-0.1, -0.05) is 30.3 Å². The Morgan fingerprint density at radius 1 is 0.886 bits per heavy atom. The molecule has 1 amide bonds. The Morgan fingerprint density at radius 3 is 2.20 bits per heavy atom. The number of rotatable bonds is 10. The van der Waals surface area contributed by atoms with Crippen LogP contribution in [0.15, 0.2) is 78.9 Å². The molecular formula is C28H30N2O5. The number of esters is 1. The third kappa shape index (κ3) is 6.86. The Balaban J connectivity index is 1.55. The summed E-state index contributed by atoms with van der Waals surface area (Å²) in [5, 5.41) is 2.74. The zero-order chi connectivity index (χ0) is 25.2. The van der Waals surface area contributed by atoms with E-state index in [4.69, 9.17) is 14.2 Å². The fraction of sp³-hybridized carbons (Fsp3) is 0.214. The maximum atomic E-state index is 12.3. The van der Waals surface area contributed by atoms with Crippen LogP contribution in [-0.2, 0) is 14.3 Å². The molecule has 35 heavy (non-hydrogen) atoms. The third-order valence-corrected chi connectivity index (χ3v) is 5.16. The number of hydrogen-bond donors (Lipinski definition) is 1. The maximum Gasteiger partial charge on any atom is 0.331 e. The number of carbonyl (C=O) groups is 2. The summed E-state index contributed by atoms with van der Waals surface area (Å²) in [6.45, 7) is 3.84. The van der Waals surface area contributed by atoms with Crippen LogP contribution < -0.4 is 19.7 Å². The van der Waals surface area contributed by atoms with E-state index in [0.29, 0.717) is 22.7 Å². The predicted molar refractivity (Wildman–Crippen MR) is 138 cm³/mol.